The van der Waals surface area contributed by atoms with Crippen molar-refractivity contribution in [1.82, 2.24) is 4.90 Å². The summed E-state index contributed by atoms with van der Waals surface area (Å²) in [4.78, 5) is 13.5. The highest BCUT2D eigenvalue weighted by Gasteiger charge is 2.13. The Balaban J connectivity index is 2.45. The fourth-order valence-corrected chi connectivity index (χ4v) is 2.45. The molecular formula is C17H27NO3. The van der Waals surface area contributed by atoms with Gasteiger partial charge in [-0.3, -0.25) is 4.79 Å². The van der Waals surface area contributed by atoms with E-state index in [-0.39, 0.29) is 5.97 Å². The van der Waals surface area contributed by atoms with Gasteiger partial charge in [-0.25, -0.2) is 0 Å². The van der Waals surface area contributed by atoms with E-state index in [0.29, 0.717) is 12.5 Å². The molecule has 0 spiro atoms. The molecule has 1 aromatic carbocycles. The Morgan fingerprint density at radius 1 is 1.24 bits per heavy atom. The van der Waals surface area contributed by atoms with Gasteiger partial charge in [-0.15, -0.1) is 0 Å². The van der Waals surface area contributed by atoms with E-state index >= 15 is 0 Å². The minimum atomic E-state index is -0.131. The Labute approximate surface area is 128 Å². The molecule has 0 radical (unpaired) electrons. The highest BCUT2D eigenvalue weighted by Crippen LogP contribution is 2.15. The smallest absolute Gasteiger partial charge is 0.305 e. The summed E-state index contributed by atoms with van der Waals surface area (Å²) in [5.41, 5.74) is 1.30. The van der Waals surface area contributed by atoms with Crippen LogP contribution in [-0.2, 0) is 16.0 Å². The van der Waals surface area contributed by atoms with Gasteiger partial charge in [0.15, 0.2) is 0 Å². The first kappa shape index (κ1) is 17.5. The number of hydrogen-bond acceptors (Lipinski definition) is 4. The van der Waals surface area contributed by atoms with Crippen LogP contribution in [0.4, 0.5) is 0 Å². The Morgan fingerprint density at radius 3 is 2.43 bits per heavy atom. The van der Waals surface area contributed by atoms with Crippen molar-refractivity contribution in [2.75, 3.05) is 27.3 Å². The van der Waals surface area contributed by atoms with E-state index in [9.17, 15) is 4.79 Å². The molecule has 0 aliphatic heterocycles. The van der Waals surface area contributed by atoms with Crippen LogP contribution in [0.25, 0.3) is 0 Å². The monoisotopic (exact) mass is 293 g/mol. The van der Waals surface area contributed by atoms with Crippen LogP contribution in [0.3, 0.4) is 0 Å². The normalized spacial score (nSPS) is 12.2. The second kappa shape index (κ2) is 9.40. The van der Waals surface area contributed by atoms with Crippen molar-refractivity contribution in [3.05, 3.63) is 29.8 Å². The number of esters is 1. The van der Waals surface area contributed by atoms with Crippen molar-refractivity contribution >= 4 is 5.97 Å². The number of likely N-dealkylation sites (N-methyl/N-ethyl adjacent to an activating group) is 1. The molecule has 0 amide bonds. The number of rotatable bonds is 9. The molecule has 1 aromatic rings. The molecule has 0 heterocycles. The molecule has 0 N–H and O–H groups in total. The molecule has 0 saturated carbocycles. The summed E-state index contributed by atoms with van der Waals surface area (Å²) >= 11 is 0. The summed E-state index contributed by atoms with van der Waals surface area (Å²) in [5.74, 6) is 0.755. The van der Waals surface area contributed by atoms with Crippen molar-refractivity contribution in [2.45, 2.75) is 39.2 Å². The largest absolute Gasteiger partial charge is 0.497 e. The zero-order chi connectivity index (χ0) is 15.7. The Kier molecular flexibility index (Phi) is 7.83. The third-order valence-corrected chi connectivity index (χ3v) is 3.77. The molecular weight excluding hydrogens is 266 g/mol. The predicted octanol–water partition coefficient (Wildman–Crippen LogP) is 2.90. The lowest BCUT2D eigenvalue weighted by molar-refractivity contribution is -0.140. The molecule has 0 aliphatic rings. The molecule has 1 unspecified atom stereocenters. The van der Waals surface area contributed by atoms with Crippen molar-refractivity contribution in [3.8, 4) is 5.75 Å². The zero-order valence-corrected chi connectivity index (χ0v) is 13.6. The molecule has 0 aliphatic carbocycles. The van der Waals surface area contributed by atoms with Crippen LogP contribution in [0, 0.1) is 0 Å². The van der Waals surface area contributed by atoms with Crippen molar-refractivity contribution in [2.24, 2.45) is 0 Å². The number of ether oxygens (including phenoxy) is 2. The van der Waals surface area contributed by atoms with Crippen LogP contribution in [-0.4, -0.2) is 44.2 Å². The molecule has 0 saturated heterocycles. The zero-order valence-electron chi connectivity index (χ0n) is 13.6. The molecule has 0 bridgehead atoms. The number of methoxy groups -OCH3 is 2. The van der Waals surface area contributed by atoms with Crippen molar-refractivity contribution in [3.63, 3.8) is 0 Å². The van der Waals surface area contributed by atoms with E-state index in [4.69, 9.17) is 4.74 Å². The summed E-state index contributed by atoms with van der Waals surface area (Å²) in [5, 5.41) is 0. The van der Waals surface area contributed by atoms with E-state index in [0.717, 1.165) is 31.7 Å². The minimum absolute atomic E-state index is 0.131. The van der Waals surface area contributed by atoms with Gasteiger partial charge in [0, 0.05) is 12.5 Å². The maximum Gasteiger partial charge on any atom is 0.305 e. The van der Waals surface area contributed by atoms with Gasteiger partial charge in [0.05, 0.1) is 14.2 Å². The average molecular weight is 293 g/mol. The lowest BCUT2D eigenvalue weighted by Crippen LogP contribution is -2.35. The highest BCUT2D eigenvalue weighted by atomic mass is 16.5. The quantitative estimate of drug-likeness (QED) is 0.656. The van der Waals surface area contributed by atoms with Gasteiger partial charge in [0.2, 0.25) is 0 Å². The second-order valence-electron chi connectivity index (χ2n) is 5.21. The van der Waals surface area contributed by atoms with Gasteiger partial charge in [-0.2, -0.15) is 0 Å². The summed E-state index contributed by atoms with van der Waals surface area (Å²) in [6, 6.07) is 8.65. The van der Waals surface area contributed by atoms with Crippen LogP contribution in [0.1, 0.15) is 32.3 Å². The molecule has 21 heavy (non-hydrogen) atoms. The van der Waals surface area contributed by atoms with Crippen molar-refractivity contribution < 1.29 is 14.3 Å². The number of carbonyl (C=O) groups is 1. The topological polar surface area (TPSA) is 38.8 Å². The SMILES string of the molecule is CCN(CCCC(=O)OC)C(C)Cc1ccc(OC)cc1. The van der Waals surface area contributed by atoms with Crippen LogP contribution in [0.2, 0.25) is 0 Å². The summed E-state index contributed by atoms with van der Waals surface area (Å²) in [7, 11) is 3.12. The highest BCUT2D eigenvalue weighted by molar-refractivity contribution is 5.69. The van der Waals surface area contributed by atoms with Gasteiger partial charge in [0.1, 0.15) is 5.75 Å². The average Bonchev–Trinajstić information content (AvgIpc) is 2.51. The Morgan fingerprint density at radius 2 is 1.90 bits per heavy atom. The third-order valence-electron chi connectivity index (χ3n) is 3.77. The Bertz CT molecular complexity index is 417. The van der Waals surface area contributed by atoms with Crippen LogP contribution in [0.15, 0.2) is 24.3 Å². The number of nitrogens with zero attached hydrogens (tertiary/aromatic N) is 1. The molecule has 4 heteroatoms. The molecule has 4 nitrogen and oxygen atoms in total. The maximum absolute atomic E-state index is 11.2. The summed E-state index contributed by atoms with van der Waals surface area (Å²) in [6.45, 7) is 6.29. The van der Waals surface area contributed by atoms with Crippen LogP contribution in [0.5, 0.6) is 5.75 Å². The number of carbonyl (C=O) groups excluding carboxylic acids is 1. The predicted molar refractivity (Wildman–Crippen MR) is 84.7 cm³/mol. The van der Waals surface area contributed by atoms with E-state index in [1.165, 1.54) is 12.7 Å². The van der Waals surface area contributed by atoms with E-state index in [2.05, 4.69) is 35.6 Å². The first-order valence-electron chi connectivity index (χ1n) is 7.54. The van der Waals surface area contributed by atoms with Crippen molar-refractivity contribution in [1.29, 1.82) is 0 Å². The molecule has 0 aromatic heterocycles. The maximum atomic E-state index is 11.2. The van der Waals surface area contributed by atoms with Crippen LogP contribution >= 0.6 is 0 Å². The minimum Gasteiger partial charge on any atom is -0.497 e. The lowest BCUT2D eigenvalue weighted by atomic mass is 10.1. The van der Waals surface area contributed by atoms with Gasteiger partial charge in [-0.1, -0.05) is 19.1 Å². The first-order chi connectivity index (χ1) is 10.1. The lowest BCUT2D eigenvalue weighted by Gasteiger charge is -2.27. The fourth-order valence-electron chi connectivity index (χ4n) is 2.45. The summed E-state index contributed by atoms with van der Waals surface area (Å²) < 4.78 is 9.85. The van der Waals surface area contributed by atoms with E-state index < -0.39 is 0 Å². The molecule has 1 atom stereocenters. The fraction of sp³-hybridized carbons (Fsp3) is 0.588. The molecule has 1 rings (SSSR count). The van der Waals surface area contributed by atoms with E-state index in [1.54, 1.807) is 7.11 Å². The third kappa shape index (κ3) is 6.17. The second-order valence-corrected chi connectivity index (χ2v) is 5.21. The number of hydrogen-bond donors (Lipinski definition) is 0. The van der Waals surface area contributed by atoms with E-state index in [1.807, 2.05) is 12.1 Å². The summed E-state index contributed by atoms with van der Waals surface area (Å²) in [6.07, 6.45) is 2.33. The van der Waals surface area contributed by atoms with Gasteiger partial charge >= 0.3 is 5.97 Å². The van der Waals surface area contributed by atoms with Gasteiger partial charge in [0.25, 0.3) is 0 Å². The van der Waals surface area contributed by atoms with Crippen LogP contribution < -0.4 is 4.74 Å². The van der Waals surface area contributed by atoms with Gasteiger partial charge in [-0.05, 0) is 50.6 Å². The standard InChI is InChI=1S/C17H27NO3/c1-5-18(12-6-7-17(19)21-4)14(2)13-15-8-10-16(20-3)11-9-15/h8-11,14H,5-7,12-13H2,1-4H3. The Hall–Kier alpha value is -1.55. The molecule has 0 fully saturated rings. The van der Waals surface area contributed by atoms with Gasteiger partial charge < -0.3 is 14.4 Å². The number of benzene rings is 1. The first-order valence-corrected chi connectivity index (χ1v) is 7.54. The molecule has 118 valence electrons.